The molecule has 1 atom stereocenters. The lowest BCUT2D eigenvalue weighted by atomic mass is 9.73. The smallest absolute Gasteiger partial charge is 0.230 e. The topological polar surface area (TPSA) is 50.8 Å². The van der Waals surface area contributed by atoms with Crippen molar-refractivity contribution in [1.29, 1.82) is 0 Å². The number of hydrogen-bond donors (Lipinski definition) is 1. The largest absolute Gasteiger partial charge is 0.381 e. The number of hydrogen-bond acceptors (Lipinski definition) is 4. The zero-order valence-electron chi connectivity index (χ0n) is 17.0. The van der Waals surface area contributed by atoms with Crippen LogP contribution >= 0.6 is 0 Å². The van der Waals surface area contributed by atoms with Crippen molar-refractivity contribution < 1.29 is 14.3 Å². The Hall–Kier alpha value is -1.43. The number of nitrogens with one attached hydrogen (secondary N) is 1. The Balaban J connectivity index is 1.74. The Morgan fingerprint density at radius 3 is 2.44 bits per heavy atom. The highest BCUT2D eigenvalue weighted by Gasteiger charge is 2.42. The highest BCUT2D eigenvalue weighted by molar-refractivity contribution is 5.88. The number of benzene rings is 1. The number of nitrogens with zero attached hydrogens (tertiary/aromatic N) is 1. The van der Waals surface area contributed by atoms with Gasteiger partial charge in [0.25, 0.3) is 0 Å². The number of aryl methyl sites for hydroxylation is 1. The number of carbonyl (C=O) groups excluding carboxylic acids is 1. The first-order chi connectivity index (χ1) is 13.0. The van der Waals surface area contributed by atoms with Gasteiger partial charge in [-0.2, -0.15) is 0 Å². The normalized spacial score (nSPS) is 21.8. The Morgan fingerprint density at radius 1 is 1.15 bits per heavy atom. The molecule has 150 valence electrons. The highest BCUT2D eigenvalue weighted by atomic mass is 16.5. The van der Waals surface area contributed by atoms with Crippen molar-refractivity contribution >= 4 is 5.91 Å². The lowest BCUT2D eigenvalue weighted by Gasteiger charge is -2.39. The van der Waals surface area contributed by atoms with E-state index in [1.54, 1.807) is 0 Å². The van der Waals surface area contributed by atoms with Gasteiger partial charge in [0.2, 0.25) is 5.91 Å². The first kappa shape index (κ1) is 20.3. The summed E-state index contributed by atoms with van der Waals surface area (Å²) in [7, 11) is 0. The molecular formula is C22H34N2O3. The SMILES string of the molecule is Cc1cccc(C2(C(=O)NCC(C(C)C)N3CCOCC3)CCOCC2)c1. The maximum absolute atomic E-state index is 13.4. The molecule has 2 heterocycles. The minimum Gasteiger partial charge on any atom is -0.381 e. The molecule has 2 aliphatic heterocycles. The first-order valence-electron chi connectivity index (χ1n) is 10.3. The summed E-state index contributed by atoms with van der Waals surface area (Å²) in [5.41, 5.74) is 1.84. The molecule has 0 spiro atoms. The van der Waals surface area contributed by atoms with E-state index in [0.29, 0.717) is 31.7 Å². The summed E-state index contributed by atoms with van der Waals surface area (Å²) in [6, 6.07) is 8.74. The standard InChI is InChI=1S/C22H34N2O3/c1-17(2)20(24-9-13-27-14-10-24)16-23-21(25)22(7-11-26-12-8-22)19-6-4-5-18(3)15-19/h4-6,15,17,20H,7-14,16H2,1-3H3,(H,23,25). The van der Waals surface area contributed by atoms with Gasteiger partial charge in [0, 0.05) is 38.9 Å². The summed E-state index contributed by atoms with van der Waals surface area (Å²) in [5.74, 6) is 0.628. The molecule has 5 heteroatoms. The third kappa shape index (κ3) is 4.71. The molecule has 0 saturated carbocycles. The predicted octanol–water partition coefficient (Wildman–Crippen LogP) is 2.52. The average molecular weight is 375 g/mol. The summed E-state index contributed by atoms with van der Waals surface area (Å²) in [5, 5.41) is 3.31. The van der Waals surface area contributed by atoms with Crippen LogP contribution in [0.1, 0.15) is 37.8 Å². The van der Waals surface area contributed by atoms with Crippen LogP contribution in [0.2, 0.25) is 0 Å². The van der Waals surface area contributed by atoms with Crippen LogP contribution in [-0.4, -0.2) is 62.9 Å². The van der Waals surface area contributed by atoms with E-state index in [-0.39, 0.29) is 5.91 Å². The van der Waals surface area contributed by atoms with Gasteiger partial charge in [-0.25, -0.2) is 0 Å². The molecule has 5 nitrogen and oxygen atoms in total. The Bertz CT molecular complexity index is 620. The molecule has 1 N–H and O–H groups in total. The van der Waals surface area contributed by atoms with E-state index in [1.807, 2.05) is 0 Å². The second-order valence-corrected chi connectivity index (χ2v) is 8.23. The van der Waals surface area contributed by atoms with Crippen molar-refractivity contribution in [2.45, 2.75) is 45.1 Å². The van der Waals surface area contributed by atoms with Gasteiger partial charge >= 0.3 is 0 Å². The van der Waals surface area contributed by atoms with Gasteiger partial charge < -0.3 is 14.8 Å². The van der Waals surface area contributed by atoms with Crippen molar-refractivity contribution in [2.75, 3.05) is 46.1 Å². The predicted molar refractivity (Wildman–Crippen MR) is 107 cm³/mol. The van der Waals surface area contributed by atoms with Crippen LogP contribution in [0.15, 0.2) is 24.3 Å². The van der Waals surface area contributed by atoms with Crippen LogP contribution in [0.5, 0.6) is 0 Å². The van der Waals surface area contributed by atoms with Gasteiger partial charge in [0.05, 0.1) is 18.6 Å². The number of ether oxygens (including phenoxy) is 2. The monoisotopic (exact) mass is 374 g/mol. The second kappa shape index (κ2) is 9.18. The maximum Gasteiger partial charge on any atom is 0.230 e. The molecule has 1 unspecified atom stereocenters. The van der Waals surface area contributed by atoms with Crippen molar-refractivity contribution in [1.82, 2.24) is 10.2 Å². The van der Waals surface area contributed by atoms with Gasteiger partial charge in [-0.15, -0.1) is 0 Å². The molecule has 1 amide bonds. The zero-order valence-corrected chi connectivity index (χ0v) is 17.0. The summed E-state index contributed by atoms with van der Waals surface area (Å²) in [4.78, 5) is 15.9. The second-order valence-electron chi connectivity index (χ2n) is 8.23. The van der Waals surface area contributed by atoms with E-state index >= 15 is 0 Å². The molecule has 2 saturated heterocycles. The fraction of sp³-hybridized carbons (Fsp3) is 0.682. The van der Waals surface area contributed by atoms with Gasteiger partial charge in [0.1, 0.15) is 0 Å². The van der Waals surface area contributed by atoms with E-state index in [1.165, 1.54) is 5.56 Å². The number of amides is 1. The number of carbonyl (C=O) groups is 1. The van der Waals surface area contributed by atoms with Crippen molar-refractivity contribution in [2.24, 2.45) is 5.92 Å². The number of morpholine rings is 1. The third-order valence-corrected chi connectivity index (χ3v) is 6.11. The molecule has 3 rings (SSSR count). The Labute approximate surface area is 163 Å². The highest BCUT2D eigenvalue weighted by Crippen LogP contribution is 2.35. The lowest BCUT2D eigenvalue weighted by molar-refractivity contribution is -0.131. The summed E-state index contributed by atoms with van der Waals surface area (Å²) >= 11 is 0. The quantitative estimate of drug-likeness (QED) is 0.831. The average Bonchev–Trinajstić information content (AvgIpc) is 2.69. The molecule has 1 aromatic carbocycles. The van der Waals surface area contributed by atoms with Crippen LogP contribution in [0.25, 0.3) is 0 Å². The molecule has 2 aliphatic rings. The fourth-order valence-corrected chi connectivity index (χ4v) is 4.37. The Kier molecular flexibility index (Phi) is 6.90. The first-order valence-corrected chi connectivity index (χ1v) is 10.3. The van der Waals surface area contributed by atoms with Crippen molar-refractivity contribution in [3.8, 4) is 0 Å². The van der Waals surface area contributed by atoms with Crippen LogP contribution in [0, 0.1) is 12.8 Å². The van der Waals surface area contributed by atoms with Crippen LogP contribution in [0.3, 0.4) is 0 Å². The Morgan fingerprint density at radius 2 is 1.81 bits per heavy atom. The molecule has 0 radical (unpaired) electrons. The summed E-state index contributed by atoms with van der Waals surface area (Å²) in [6.07, 6.45) is 1.48. The lowest BCUT2D eigenvalue weighted by Crippen LogP contribution is -2.54. The molecule has 0 aromatic heterocycles. The van der Waals surface area contributed by atoms with E-state index in [4.69, 9.17) is 9.47 Å². The van der Waals surface area contributed by atoms with E-state index in [9.17, 15) is 4.79 Å². The van der Waals surface area contributed by atoms with Gasteiger partial charge in [-0.1, -0.05) is 43.7 Å². The minimum absolute atomic E-state index is 0.148. The fourth-order valence-electron chi connectivity index (χ4n) is 4.37. The van der Waals surface area contributed by atoms with E-state index in [2.05, 4.69) is 55.3 Å². The summed E-state index contributed by atoms with van der Waals surface area (Å²) < 4.78 is 11.1. The summed E-state index contributed by atoms with van der Waals surface area (Å²) in [6.45, 7) is 12.0. The zero-order chi connectivity index (χ0) is 19.3. The van der Waals surface area contributed by atoms with Crippen LogP contribution in [-0.2, 0) is 19.7 Å². The maximum atomic E-state index is 13.4. The number of rotatable bonds is 6. The molecule has 0 bridgehead atoms. The minimum atomic E-state index is -0.475. The van der Waals surface area contributed by atoms with Crippen LogP contribution in [0.4, 0.5) is 0 Å². The third-order valence-electron chi connectivity index (χ3n) is 6.11. The van der Waals surface area contributed by atoms with Crippen LogP contribution < -0.4 is 5.32 Å². The van der Waals surface area contributed by atoms with Crippen molar-refractivity contribution in [3.05, 3.63) is 35.4 Å². The van der Waals surface area contributed by atoms with E-state index < -0.39 is 5.41 Å². The van der Waals surface area contributed by atoms with E-state index in [0.717, 1.165) is 44.7 Å². The van der Waals surface area contributed by atoms with Gasteiger partial charge in [-0.3, -0.25) is 9.69 Å². The molecular weight excluding hydrogens is 340 g/mol. The molecule has 0 aliphatic carbocycles. The molecule has 1 aromatic rings. The van der Waals surface area contributed by atoms with Gasteiger partial charge in [-0.05, 0) is 31.2 Å². The van der Waals surface area contributed by atoms with Gasteiger partial charge in [0.15, 0.2) is 0 Å². The van der Waals surface area contributed by atoms with Crippen molar-refractivity contribution in [3.63, 3.8) is 0 Å². The molecule has 2 fully saturated rings. The molecule has 27 heavy (non-hydrogen) atoms.